The fraction of sp³-hybridized carbons (Fsp3) is 0.350. The minimum Gasteiger partial charge on any atom is -0.326 e. The van der Waals surface area contributed by atoms with Crippen LogP contribution in [0.5, 0.6) is 0 Å². The third-order valence-electron chi connectivity index (χ3n) is 4.72. The lowest BCUT2D eigenvalue weighted by molar-refractivity contribution is -0.920. The van der Waals surface area contributed by atoms with E-state index in [0.717, 1.165) is 19.5 Å². The number of carbonyl (C=O) groups excluding carboxylic acids is 1. The quantitative estimate of drug-likeness (QED) is 0.842. The number of benzene rings is 2. The predicted octanol–water partition coefficient (Wildman–Crippen LogP) is 2.69. The average Bonchev–Trinajstić information content (AvgIpc) is 2.61. The van der Waals surface area contributed by atoms with Crippen LogP contribution in [0.15, 0.2) is 54.6 Å². The maximum atomic E-state index is 13.1. The highest BCUT2D eigenvalue weighted by Gasteiger charge is 2.31. The summed E-state index contributed by atoms with van der Waals surface area (Å²) >= 11 is 0. The van der Waals surface area contributed by atoms with Crippen molar-refractivity contribution >= 4 is 5.78 Å². The number of piperidine rings is 1. The second kappa shape index (κ2) is 7.51. The van der Waals surface area contributed by atoms with Crippen molar-refractivity contribution in [3.05, 3.63) is 71.5 Å². The van der Waals surface area contributed by atoms with Gasteiger partial charge in [0.25, 0.3) is 0 Å². The molecule has 2 aromatic carbocycles. The summed E-state index contributed by atoms with van der Waals surface area (Å²) in [4.78, 5) is 14.4. The molecule has 1 atom stereocenters. The Bertz CT molecular complexity index is 632. The molecule has 1 aliphatic heterocycles. The van der Waals surface area contributed by atoms with Crippen molar-refractivity contribution in [1.82, 2.24) is 0 Å². The van der Waals surface area contributed by atoms with Crippen molar-refractivity contribution in [2.45, 2.75) is 31.7 Å². The zero-order valence-electron chi connectivity index (χ0n) is 13.3. The standard InChI is InChI=1S/C20H22FNO/c21-18-11-9-17(10-12-18)20(23)19(22-13-5-2-6-14-22)15-16-7-3-1-4-8-16/h1,3-4,7-12,19H,2,5-6,13-15H2/p+1/t19-/m1/s1. The minimum atomic E-state index is -0.300. The van der Waals surface area contributed by atoms with E-state index in [1.807, 2.05) is 18.2 Å². The number of rotatable bonds is 5. The number of likely N-dealkylation sites (tertiary alicyclic amines) is 1. The van der Waals surface area contributed by atoms with Gasteiger partial charge in [0.2, 0.25) is 5.78 Å². The Morgan fingerprint density at radius 1 is 0.957 bits per heavy atom. The van der Waals surface area contributed by atoms with Crippen LogP contribution in [0.4, 0.5) is 4.39 Å². The summed E-state index contributed by atoms with van der Waals surface area (Å²) in [6, 6.07) is 16.1. The molecule has 1 heterocycles. The Hall–Kier alpha value is -2.00. The number of hydrogen-bond donors (Lipinski definition) is 1. The van der Waals surface area contributed by atoms with E-state index in [2.05, 4.69) is 12.1 Å². The summed E-state index contributed by atoms with van der Waals surface area (Å²) in [5.74, 6) is -0.169. The largest absolute Gasteiger partial charge is 0.326 e. The monoisotopic (exact) mass is 312 g/mol. The van der Waals surface area contributed by atoms with E-state index in [9.17, 15) is 9.18 Å². The molecule has 0 amide bonds. The van der Waals surface area contributed by atoms with Crippen LogP contribution in [0, 0.1) is 5.82 Å². The van der Waals surface area contributed by atoms with Gasteiger partial charge in [-0.2, -0.15) is 0 Å². The molecule has 23 heavy (non-hydrogen) atoms. The molecule has 3 heteroatoms. The zero-order chi connectivity index (χ0) is 16.1. The number of hydrogen-bond acceptors (Lipinski definition) is 1. The first-order valence-corrected chi connectivity index (χ1v) is 8.42. The van der Waals surface area contributed by atoms with Gasteiger partial charge < -0.3 is 4.90 Å². The Morgan fingerprint density at radius 2 is 1.61 bits per heavy atom. The van der Waals surface area contributed by atoms with Crippen LogP contribution in [0.2, 0.25) is 0 Å². The van der Waals surface area contributed by atoms with E-state index in [-0.39, 0.29) is 17.6 Å². The molecule has 1 saturated heterocycles. The lowest BCUT2D eigenvalue weighted by atomic mass is 9.94. The number of nitrogens with one attached hydrogen (secondary N) is 1. The van der Waals surface area contributed by atoms with Crippen LogP contribution >= 0.6 is 0 Å². The average molecular weight is 312 g/mol. The van der Waals surface area contributed by atoms with Crippen molar-refractivity contribution in [1.29, 1.82) is 0 Å². The molecule has 0 aliphatic carbocycles. The van der Waals surface area contributed by atoms with Gasteiger partial charge in [0, 0.05) is 12.0 Å². The number of quaternary nitrogens is 1. The summed E-state index contributed by atoms with van der Waals surface area (Å²) < 4.78 is 13.1. The van der Waals surface area contributed by atoms with E-state index >= 15 is 0 Å². The number of halogens is 1. The smallest absolute Gasteiger partial charge is 0.220 e. The predicted molar refractivity (Wildman–Crippen MR) is 89.2 cm³/mol. The topological polar surface area (TPSA) is 21.5 Å². The molecule has 0 saturated carbocycles. The van der Waals surface area contributed by atoms with Crippen molar-refractivity contribution < 1.29 is 14.1 Å². The van der Waals surface area contributed by atoms with Crippen molar-refractivity contribution in [3.63, 3.8) is 0 Å². The van der Waals surface area contributed by atoms with E-state index in [4.69, 9.17) is 0 Å². The lowest BCUT2D eigenvalue weighted by Crippen LogP contribution is -3.17. The van der Waals surface area contributed by atoms with Gasteiger partial charge in [-0.3, -0.25) is 4.79 Å². The molecule has 0 aromatic heterocycles. The molecule has 2 aromatic rings. The Kier molecular flexibility index (Phi) is 5.19. The summed E-state index contributed by atoms with van der Waals surface area (Å²) in [5.41, 5.74) is 1.80. The second-order valence-corrected chi connectivity index (χ2v) is 6.33. The van der Waals surface area contributed by atoms with Crippen molar-refractivity contribution in [2.75, 3.05) is 13.1 Å². The van der Waals surface area contributed by atoms with Crippen molar-refractivity contribution in [3.8, 4) is 0 Å². The molecule has 1 fully saturated rings. The normalized spacial score (nSPS) is 16.9. The molecule has 2 nitrogen and oxygen atoms in total. The van der Waals surface area contributed by atoms with Crippen LogP contribution in [0.25, 0.3) is 0 Å². The fourth-order valence-corrected chi connectivity index (χ4v) is 3.44. The Balaban J connectivity index is 1.84. The summed E-state index contributed by atoms with van der Waals surface area (Å²) in [6.07, 6.45) is 4.35. The highest BCUT2D eigenvalue weighted by molar-refractivity contribution is 5.99. The highest BCUT2D eigenvalue weighted by atomic mass is 19.1. The Morgan fingerprint density at radius 3 is 2.26 bits per heavy atom. The minimum absolute atomic E-state index is 0.0804. The van der Waals surface area contributed by atoms with Gasteiger partial charge in [0.15, 0.2) is 6.04 Å². The third-order valence-corrected chi connectivity index (χ3v) is 4.72. The molecule has 0 bridgehead atoms. The highest BCUT2D eigenvalue weighted by Crippen LogP contribution is 2.10. The SMILES string of the molecule is O=C(c1ccc(F)cc1)[C@@H](Cc1ccccc1)[NH+]1CCCCC1. The molecule has 1 aliphatic rings. The van der Waals surface area contributed by atoms with E-state index in [1.165, 1.54) is 41.9 Å². The van der Waals surface area contributed by atoms with Crippen LogP contribution in [-0.2, 0) is 6.42 Å². The molecule has 120 valence electrons. The van der Waals surface area contributed by atoms with Gasteiger partial charge in [-0.15, -0.1) is 0 Å². The fourth-order valence-electron chi connectivity index (χ4n) is 3.44. The first-order chi connectivity index (χ1) is 11.2. The van der Waals surface area contributed by atoms with Crippen molar-refractivity contribution in [2.24, 2.45) is 0 Å². The van der Waals surface area contributed by atoms with Gasteiger partial charge in [-0.25, -0.2) is 4.39 Å². The van der Waals surface area contributed by atoms with Gasteiger partial charge in [-0.1, -0.05) is 30.3 Å². The maximum absolute atomic E-state index is 13.1. The number of ketones is 1. The summed E-state index contributed by atoms with van der Waals surface area (Å²) in [5, 5.41) is 0. The van der Waals surface area contributed by atoms with Gasteiger partial charge in [-0.05, 0) is 49.1 Å². The lowest BCUT2D eigenvalue weighted by Gasteiger charge is -2.31. The molecule has 0 spiro atoms. The van der Waals surface area contributed by atoms with Gasteiger partial charge in [0.05, 0.1) is 13.1 Å². The van der Waals surface area contributed by atoms with Crippen LogP contribution in [-0.4, -0.2) is 24.9 Å². The number of carbonyl (C=O) groups is 1. The molecule has 1 N–H and O–H groups in total. The molecular formula is C20H23FNO+. The van der Waals surface area contributed by atoms with Crippen LogP contribution < -0.4 is 4.90 Å². The van der Waals surface area contributed by atoms with E-state index < -0.39 is 0 Å². The van der Waals surface area contributed by atoms with Crippen LogP contribution in [0.3, 0.4) is 0 Å². The van der Waals surface area contributed by atoms with E-state index in [1.54, 1.807) is 12.1 Å². The third kappa shape index (κ3) is 4.05. The second-order valence-electron chi connectivity index (χ2n) is 6.33. The van der Waals surface area contributed by atoms with Crippen LogP contribution in [0.1, 0.15) is 35.2 Å². The van der Waals surface area contributed by atoms with Gasteiger partial charge in [0.1, 0.15) is 5.82 Å². The van der Waals surface area contributed by atoms with Gasteiger partial charge >= 0.3 is 0 Å². The molecule has 3 rings (SSSR count). The Labute approximate surface area is 136 Å². The van der Waals surface area contributed by atoms with E-state index in [0.29, 0.717) is 5.56 Å². The molecule has 0 unspecified atom stereocenters. The molecule has 0 radical (unpaired) electrons. The summed E-state index contributed by atoms with van der Waals surface area (Å²) in [7, 11) is 0. The summed E-state index contributed by atoms with van der Waals surface area (Å²) in [6.45, 7) is 2.09. The maximum Gasteiger partial charge on any atom is 0.220 e. The first-order valence-electron chi connectivity index (χ1n) is 8.42. The first kappa shape index (κ1) is 15.9. The zero-order valence-corrected chi connectivity index (χ0v) is 13.3. The molecular weight excluding hydrogens is 289 g/mol. The number of Topliss-reactive ketones (excluding diaryl/α,β-unsaturated/α-hetero) is 1.